The number of aromatic nitrogens is 2. The Labute approximate surface area is 109 Å². The summed E-state index contributed by atoms with van der Waals surface area (Å²) in [7, 11) is 1.75. The lowest BCUT2D eigenvalue weighted by Crippen LogP contribution is -2.31. The van der Waals surface area contributed by atoms with E-state index in [0.717, 1.165) is 17.4 Å². The van der Waals surface area contributed by atoms with Crippen LogP contribution in [0.15, 0.2) is 10.8 Å². The number of hydrogen-bond acceptors (Lipinski definition) is 5. The van der Waals surface area contributed by atoms with Crippen LogP contribution in [-0.4, -0.2) is 36.0 Å². The van der Waals surface area contributed by atoms with E-state index >= 15 is 0 Å². The lowest BCUT2D eigenvalue weighted by molar-refractivity contribution is -0.116. The number of nitrogens with two attached hydrogens (primary N) is 1. The zero-order chi connectivity index (χ0) is 12.8. The Morgan fingerprint density at radius 3 is 2.88 bits per heavy atom. The molecule has 1 amide bonds. The number of hydrogen-bond donors (Lipinski definition) is 2. The van der Waals surface area contributed by atoms with Gasteiger partial charge in [0.1, 0.15) is 22.4 Å². The van der Waals surface area contributed by atoms with Crippen molar-refractivity contribution in [2.45, 2.75) is 13.3 Å². The van der Waals surface area contributed by atoms with E-state index < -0.39 is 5.91 Å². The Morgan fingerprint density at radius 2 is 2.29 bits per heavy atom. The Morgan fingerprint density at radius 1 is 1.59 bits per heavy atom. The van der Waals surface area contributed by atoms with Gasteiger partial charge in [-0.1, -0.05) is 6.92 Å². The summed E-state index contributed by atoms with van der Waals surface area (Å²) in [4.78, 5) is 20.8. The minimum absolute atomic E-state index is 0.114. The van der Waals surface area contributed by atoms with E-state index in [1.54, 1.807) is 11.9 Å². The maximum absolute atomic E-state index is 10.9. The molecule has 0 aromatic carbocycles. The van der Waals surface area contributed by atoms with E-state index in [1.807, 2.05) is 0 Å². The van der Waals surface area contributed by atoms with Gasteiger partial charge in [0.15, 0.2) is 0 Å². The van der Waals surface area contributed by atoms with E-state index in [2.05, 4.69) is 38.1 Å². The van der Waals surface area contributed by atoms with Crippen LogP contribution in [0.3, 0.4) is 0 Å². The molecule has 0 atom stereocenters. The molecule has 1 heterocycles. The standard InChI is InChI=1S/C10H16BrN5O/c1-3-4-13-9-8(11)10(15-6-14-9)16(2)5-7(12)17/h6H,3-5H2,1-2H3,(H2,12,17)(H,13,14,15). The summed E-state index contributed by atoms with van der Waals surface area (Å²) in [5, 5.41) is 3.17. The van der Waals surface area contributed by atoms with Crippen molar-refractivity contribution in [3.05, 3.63) is 10.8 Å². The predicted molar refractivity (Wildman–Crippen MR) is 71.0 cm³/mol. The van der Waals surface area contributed by atoms with Gasteiger partial charge in [0.25, 0.3) is 0 Å². The second-order valence-electron chi connectivity index (χ2n) is 3.61. The number of primary amides is 1. The van der Waals surface area contributed by atoms with Crippen LogP contribution >= 0.6 is 15.9 Å². The lowest BCUT2D eigenvalue weighted by atomic mass is 10.4. The van der Waals surface area contributed by atoms with Crippen molar-refractivity contribution >= 4 is 33.5 Å². The number of carbonyl (C=O) groups is 1. The number of nitrogens with one attached hydrogen (secondary N) is 1. The van der Waals surface area contributed by atoms with Crippen LogP contribution in [0.25, 0.3) is 0 Å². The van der Waals surface area contributed by atoms with Gasteiger partial charge in [0.05, 0.1) is 6.54 Å². The summed E-state index contributed by atoms with van der Waals surface area (Å²) >= 11 is 3.42. The van der Waals surface area contributed by atoms with Crippen LogP contribution < -0.4 is 16.0 Å². The largest absolute Gasteiger partial charge is 0.369 e. The monoisotopic (exact) mass is 301 g/mol. The molecule has 94 valence electrons. The SMILES string of the molecule is CCCNc1ncnc(N(C)CC(N)=O)c1Br. The first-order chi connectivity index (χ1) is 8.06. The Bertz CT molecular complexity index is 398. The fourth-order valence-electron chi connectivity index (χ4n) is 1.30. The third kappa shape index (κ3) is 3.85. The molecule has 0 spiro atoms. The molecule has 3 N–H and O–H groups in total. The van der Waals surface area contributed by atoms with Crippen molar-refractivity contribution in [2.75, 3.05) is 30.4 Å². The molecule has 7 heteroatoms. The molecule has 1 aromatic heterocycles. The molecule has 1 aromatic rings. The molecular formula is C10H16BrN5O. The third-order valence-electron chi connectivity index (χ3n) is 2.07. The molecule has 0 aliphatic carbocycles. The van der Waals surface area contributed by atoms with Gasteiger partial charge < -0.3 is 16.0 Å². The molecule has 1 rings (SSSR count). The van der Waals surface area contributed by atoms with Gasteiger partial charge in [-0.25, -0.2) is 9.97 Å². The Kier molecular flexibility index (Phi) is 5.14. The molecule has 0 fully saturated rings. The molecule has 0 aliphatic rings. The van der Waals surface area contributed by atoms with Crippen molar-refractivity contribution in [3.63, 3.8) is 0 Å². The van der Waals surface area contributed by atoms with E-state index in [-0.39, 0.29) is 6.54 Å². The number of likely N-dealkylation sites (N-methyl/N-ethyl adjacent to an activating group) is 1. The lowest BCUT2D eigenvalue weighted by Gasteiger charge is -2.18. The zero-order valence-electron chi connectivity index (χ0n) is 9.90. The number of nitrogens with zero attached hydrogens (tertiary/aromatic N) is 3. The quantitative estimate of drug-likeness (QED) is 0.818. The van der Waals surface area contributed by atoms with E-state index in [9.17, 15) is 4.79 Å². The maximum atomic E-state index is 10.9. The number of amides is 1. The molecule has 17 heavy (non-hydrogen) atoms. The van der Waals surface area contributed by atoms with Crippen molar-refractivity contribution in [2.24, 2.45) is 5.73 Å². The molecule has 0 radical (unpaired) electrons. The highest BCUT2D eigenvalue weighted by Gasteiger charge is 2.13. The Hall–Kier alpha value is -1.37. The first-order valence-corrected chi connectivity index (χ1v) is 6.09. The second kappa shape index (κ2) is 6.39. The number of carbonyl (C=O) groups excluding carboxylic acids is 1. The van der Waals surface area contributed by atoms with E-state index in [1.165, 1.54) is 6.33 Å². The van der Waals surface area contributed by atoms with Gasteiger partial charge in [-0.3, -0.25) is 4.79 Å². The Balaban J connectivity index is 2.89. The van der Waals surface area contributed by atoms with Crippen LogP contribution in [0.5, 0.6) is 0 Å². The minimum atomic E-state index is -0.402. The van der Waals surface area contributed by atoms with Crippen LogP contribution in [0.4, 0.5) is 11.6 Å². The van der Waals surface area contributed by atoms with Crippen molar-refractivity contribution in [1.29, 1.82) is 0 Å². The molecule has 0 saturated carbocycles. The number of rotatable bonds is 6. The highest BCUT2D eigenvalue weighted by molar-refractivity contribution is 9.10. The van der Waals surface area contributed by atoms with Gasteiger partial charge in [0, 0.05) is 13.6 Å². The van der Waals surface area contributed by atoms with Crippen molar-refractivity contribution in [3.8, 4) is 0 Å². The predicted octanol–water partition coefficient (Wildman–Crippen LogP) is 0.982. The van der Waals surface area contributed by atoms with E-state index in [4.69, 9.17) is 5.73 Å². The fraction of sp³-hybridized carbons (Fsp3) is 0.500. The third-order valence-corrected chi connectivity index (χ3v) is 2.80. The van der Waals surface area contributed by atoms with E-state index in [0.29, 0.717) is 11.6 Å². The van der Waals surface area contributed by atoms with Gasteiger partial charge in [-0.05, 0) is 22.4 Å². The van der Waals surface area contributed by atoms with Crippen molar-refractivity contribution in [1.82, 2.24) is 9.97 Å². The first kappa shape index (κ1) is 13.7. The summed E-state index contributed by atoms with van der Waals surface area (Å²) < 4.78 is 0.734. The van der Waals surface area contributed by atoms with Crippen LogP contribution in [0.2, 0.25) is 0 Å². The van der Waals surface area contributed by atoms with Crippen LogP contribution in [-0.2, 0) is 4.79 Å². The fourth-order valence-corrected chi connectivity index (χ4v) is 1.95. The minimum Gasteiger partial charge on any atom is -0.369 e. The zero-order valence-corrected chi connectivity index (χ0v) is 11.5. The summed E-state index contributed by atoms with van der Waals surface area (Å²) in [5.41, 5.74) is 5.14. The average molecular weight is 302 g/mol. The highest BCUT2D eigenvalue weighted by atomic mass is 79.9. The normalized spacial score (nSPS) is 10.1. The molecule has 0 unspecified atom stereocenters. The van der Waals surface area contributed by atoms with Gasteiger partial charge in [0.2, 0.25) is 5.91 Å². The molecule has 0 aliphatic heterocycles. The summed E-state index contributed by atoms with van der Waals surface area (Å²) in [6, 6.07) is 0. The topological polar surface area (TPSA) is 84.1 Å². The van der Waals surface area contributed by atoms with Gasteiger partial charge >= 0.3 is 0 Å². The second-order valence-corrected chi connectivity index (χ2v) is 4.40. The highest BCUT2D eigenvalue weighted by Crippen LogP contribution is 2.28. The molecule has 0 bridgehead atoms. The first-order valence-electron chi connectivity index (χ1n) is 5.30. The van der Waals surface area contributed by atoms with Crippen LogP contribution in [0, 0.1) is 0 Å². The number of halogens is 1. The average Bonchev–Trinajstić information content (AvgIpc) is 2.26. The number of anilines is 2. The van der Waals surface area contributed by atoms with Gasteiger partial charge in [-0.2, -0.15) is 0 Å². The summed E-state index contributed by atoms with van der Waals surface area (Å²) in [6.45, 7) is 3.01. The summed E-state index contributed by atoms with van der Waals surface area (Å²) in [6.07, 6.45) is 2.46. The smallest absolute Gasteiger partial charge is 0.236 e. The maximum Gasteiger partial charge on any atom is 0.236 e. The van der Waals surface area contributed by atoms with Crippen LogP contribution in [0.1, 0.15) is 13.3 Å². The molecule has 6 nitrogen and oxygen atoms in total. The van der Waals surface area contributed by atoms with Gasteiger partial charge in [-0.15, -0.1) is 0 Å². The summed E-state index contributed by atoms with van der Waals surface area (Å²) in [5.74, 6) is 0.951. The molecule has 0 saturated heterocycles. The molecular weight excluding hydrogens is 286 g/mol. The van der Waals surface area contributed by atoms with Crippen molar-refractivity contribution < 1.29 is 4.79 Å².